The summed E-state index contributed by atoms with van der Waals surface area (Å²) in [5, 5.41) is 0. The highest BCUT2D eigenvalue weighted by Gasteiger charge is 2.18. The lowest BCUT2D eigenvalue weighted by Gasteiger charge is -2.12. The number of carbonyl (C=O) groups is 2. The Bertz CT molecular complexity index is 198. The molecule has 0 amide bonds. The van der Waals surface area contributed by atoms with Gasteiger partial charge in [-0.1, -0.05) is 13.8 Å². The Kier molecular flexibility index (Phi) is 5.92. The molecule has 0 rings (SSSR count). The normalized spacial score (nSPS) is 12.4. The molecule has 0 aromatic carbocycles. The van der Waals surface area contributed by atoms with Gasteiger partial charge in [-0.3, -0.25) is 4.79 Å². The van der Waals surface area contributed by atoms with Gasteiger partial charge in [0, 0.05) is 6.42 Å². The summed E-state index contributed by atoms with van der Waals surface area (Å²) in [4.78, 5) is 22.2. The van der Waals surface area contributed by atoms with Crippen LogP contribution in [-0.4, -0.2) is 24.6 Å². The van der Waals surface area contributed by atoms with Gasteiger partial charge in [-0.25, -0.2) is 4.79 Å². The van der Waals surface area contributed by atoms with Crippen molar-refractivity contribution in [2.75, 3.05) is 6.61 Å². The van der Waals surface area contributed by atoms with Crippen LogP contribution < -0.4 is 0 Å². The molecule has 0 heterocycles. The van der Waals surface area contributed by atoms with Gasteiger partial charge < -0.3 is 9.47 Å². The summed E-state index contributed by atoms with van der Waals surface area (Å²) in [5.41, 5.74) is 0. The molecule has 0 N–H and O–H groups in total. The highest BCUT2D eigenvalue weighted by Crippen LogP contribution is 2.04. The molecule has 0 aliphatic carbocycles. The van der Waals surface area contributed by atoms with E-state index >= 15 is 0 Å². The SMILES string of the molecule is CCOC(=O)C(C)OC(=O)CC(C)C. The lowest BCUT2D eigenvalue weighted by atomic mass is 10.1. The predicted octanol–water partition coefficient (Wildman–Crippen LogP) is 1.53. The zero-order valence-electron chi connectivity index (χ0n) is 9.20. The van der Waals surface area contributed by atoms with Crippen molar-refractivity contribution < 1.29 is 19.1 Å². The fourth-order valence-corrected chi connectivity index (χ4v) is 0.886. The molecule has 82 valence electrons. The molecular weight excluding hydrogens is 184 g/mol. The maximum Gasteiger partial charge on any atom is 0.347 e. The third kappa shape index (κ3) is 5.56. The van der Waals surface area contributed by atoms with Gasteiger partial charge in [0.15, 0.2) is 6.10 Å². The Hall–Kier alpha value is -1.06. The van der Waals surface area contributed by atoms with Crippen molar-refractivity contribution in [3.05, 3.63) is 0 Å². The number of ether oxygens (including phenoxy) is 2. The molecule has 1 atom stereocenters. The first-order chi connectivity index (χ1) is 6.47. The first-order valence-corrected chi connectivity index (χ1v) is 4.83. The van der Waals surface area contributed by atoms with Crippen LogP contribution in [0.2, 0.25) is 0 Å². The molecule has 4 nitrogen and oxygen atoms in total. The number of carbonyl (C=O) groups excluding carboxylic acids is 2. The zero-order chi connectivity index (χ0) is 11.1. The zero-order valence-corrected chi connectivity index (χ0v) is 9.20. The molecule has 0 spiro atoms. The van der Waals surface area contributed by atoms with E-state index < -0.39 is 12.1 Å². The van der Waals surface area contributed by atoms with Gasteiger partial charge in [-0.05, 0) is 19.8 Å². The average molecular weight is 202 g/mol. The number of esters is 2. The van der Waals surface area contributed by atoms with Crippen LogP contribution in [0, 0.1) is 5.92 Å². The Morgan fingerprint density at radius 1 is 1.21 bits per heavy atom. The quantitative estimate of drug-likeness (QED) is 0.634. The molecule has 1 unspecified atom stereocenters. The third-order valence-corrected chi connectivity index (χ3v) is 1.50. The summed E-state index contributed by atoms with van der Waals surface area (Å²) < 4.78 is 9.56. The Morgan fingerprint density at radius 2 is 1.79 bits per heavy atom. The highest BCUT2D eigenvalue weighted by atomic mass is 16.6. The monoisotopic (exact) mass is 202 g/mol. The van der Waals surface area contributed by atoms with Gasteiger partial charge in [0.05, 0.1) is 6.61 Å². The fourth-order valence-electron chi connectivity index (χ4n) is 0.886. The third-order valence-electron chi connectivity index (χ3n) is 1.50. The Labute approximate surface area is 84.6 Å². The second-order valence-corrected chi connectivity index (χ2v) is 3.48. The summed E-state index contributed by atoms with van der Waals surface area (Å²) in [6.07, 6.45) is -0.481. The minimum absolute atomic E-state index is 0.233. The molecule has 0 saturated heterocycles. The number of hydrogen-bond donors (Lipinski definition) is 0. The molecule has 14 heavy (non-hydrogen) atoms. The van der Waals surface area contributed by atoms with Gasteiger partial charge in [-0.15, -0.1) is 0 Å². The maximum absolute atomic E-state index is 11.1. The second kappa shape index (κ2) is 6.40. The topological polar surface area (TPSA) is 52.6 Å². The Morgan fingerprint density at radius 3 is 2.21 bits per heavy atom. The molecular formula is C10H18O4. The van der Waals surface area contributed by atoms with Crippen molar-refractivity contribution in [1.29, 1.82) is 0 Å². The van der Waals surface area contributed by atoms with Crippen LogP contribution in [0.4, 0.5) is 0 Å². The van der Waals surface area contributed by atoms with Crippen molar-refractivity contribution in [2.24, 2.45) is 5.92 Å². The first kappa shape index (κ1) is 12.9. The molecule has 0 aliphatic rings. The van der Waals surface area contributed by atoms with Crippen molar-refractivity contribution in [3.8, 4) is 0 Å². The van der Waals surface area contributed by atoms with Gasteiger partial charge in [0.1, 0.15) is 0 Å². The molecule has 0 radical (unpaired) electrons. The van der Waals surface area contributed by atoms with Gasteiger partial charge >= 0.3 is 11.9 Å². The molecule has 0 saturated carbocycles. The van der Waals surface area contributed by atoms with Crippen molar-refractivity contribution in [3.63, 3.8) is 0 Å². The van der Waals surface area contributed by atoms with E-state index in [1.807, 2.05) is 13.8 Å². The van der Waals surface area contributed by atoms with Crippen LogP contribution in [0.1, 0.15) is 34.1 Å². The summed E-state index contributed by atoms with van der Waals surface area (Å²) in [6.45, 7) is 7.34. The van der Waals surface area contributed by atoms with Gasteiger partial charge in [-0.2, -0.15) is 0 Å². The van der Waals surface area contributed by atoms with Crippen molar-refractivity contribution in [2.45, 2.75) is 40.2 Å². The van der Waals surface area contributed by atoms with Crippen LogP contribution in [0.25, 0.3) is 0 Å². The molecule has 0 aliphatic heterocycles. The fraction of sp³-hybridized carbons (Fsp3) is 0.800. The van der Waals surface area contributed by atoms with E-state index in [1.165, 1.54) is 6.92 Å². The van der Waals surface area contributed by atoms with Crippen molar-refractivity contribution >= 4 is 11.9 Å². The molecule has 0 aromatic heterocycles. The van der Waals surface area contributed by atoms with Gasteiger partial charge in [0.2, 0.25) is 0 Å². The number of hydrogen-bond acceptors (Lipinski definition) is 4. The van der Waals surface area contributed by atoms with E-state index in [-0.39, 0.29) is 11.9 Å². The lowest BCUT2D eigenvalue weighted by Crippen LogP contribution is -2.26. The van der Waals surface area contributed by atoms with Crippen LogP contribution in [0.3, 0.4) is 0 Å². The van der Waals surface area contributed by atoms with E-state index in [2.05, 4.69) is 0 Å². The summed E-state index contributed by atoms with van der Waals surface area (Å²) in [6, 6.07) is 0. The molecule has 4 heteroatoms. The standard InChI is InChI=1S/C10H18O4/c1-5-13-10(12)8(4)14-9(11)6-7(2)3/h7-8H,5-6H2,1-4H3. The van der Waals surface area contributed by atoms with E-state index in [1.54, 1.807) is 6.92 Å². The second-order valence-electron chi connectivity index (χ2n) is 3.48. The predicted molar refractivity (Wildman–Crippen MR) is 51.6 cm³/mol. The average Bonchev–Trinajstić information content (AvgIpc) is 2.02. The van der Waals surface area contributed by atoms with E-state index in [0.29, 0.717) is 13.0 Å². The first-order valence-electron chi connectivity index (χ1n) is 4.83. The minimum Gasteiger partial charge on any atom is -0.463 e. The number of rotatable bonds is 5. The van der Waals surface area contributed by atoms with Crippen LogP contribution in [0.5, 0.6) is 0 Å². The van der Waals surface area contributed by atoms with E-state index in [9.17, 15) is 9.59 Å². The molecule has 0 aromatic rings. The maximum atomic E-state index is 11.1. The summed E-state index contributed by atoms with van der Waals surface area (Å²) in [5.74, 6) is -0.623. The van der Waals surface area contributed by atoms with E-state index in [0.717, 1.165) is 0 Å². The lowest BCUT2D eigenvalue weighted by molar-refractivity contribution is -0.166. The van der Waals surface area contributed by atoms with E-state index in [4.69, 9.17) is 9.47 Å². The summed E-state index contributed by atoms with van der Waals surface area (Å²) in [7, 11) is 0. The Balaban J connectivity index is 3.87. The van der Waals surface area contributed by atoms with Crippen LogP contribution in [0.15, 0.2) is 0 Å². The molecule has 0 fully saturated rings. The summed E-state index contributed by atoms with van der Waals surface area (Å²) >= 11 is 0. The smallest absolute Gasteiger partial charge is 0.347 e. The van der Waals surface area contributed by atoms with Crippen LogP contribution >= 0.6 is 0 Å². The van der Waals surface area contributed by atoms with Crippen LogP contribution in [-0.2, 0) is 19.1 Å². The highest BCUT2D eigenvalue weighted by molar-refractivity contribution is 5.79. The van der Waals surface area contributed by atoms with Crippen molar-refractivity contribution in [1.82, 2.24) is 0 Å². The molecule has 0 bridgehead atoms. The largest absolute Gasteiger partial charge is 0.463 e. The minimum atomic E-state index is -0.804. The van der Waals surface area contributed by atoms with Gasteiger partial charge in [0.25, 0.3) is 0 Å².